The maximum absolute atomic E-state index is 13.1. The maximum Gasteiger partial charge on any atom is 0.338 e. The molecular weight excluding hydrogens is 370 g/mol. The van der Waals surface area contributed by atoms with Gasteiger partial charge < -0.3 is 4.74 Å². The molecule has 140 valence electrons. The van der Waals surface area contributed by atoms with Gasteiger partial charge in [0.25, 0.3) is 10.0 Å². The predicted octanol–water partition coefficient (Wildman–Crippen LogP) is 4.11. The van der Waals surface area contributed by atoms with E-state index < -0.39 is 16.0 Å². The third kappa shape index (κ3) is 4.22. The second-order valence-electron chi connectivity index (χ2n) is 5.57. The molecular formula is C19H23NO4S2. The fraction of sp³-hybridized carbons (Fsp3) is 0.316. The number of aryl methyl sites for hydroxylation is 1. The summed E-state index contributed by atoms with van der Waals surface area (Å²) in [7, 11) is -3.73. The minimum atomic E-state index is -3.73. The molecule has 0 fully saturated rings. The Balaban J connectivity index is 2.49. The van der Waals surface area contributed by atoms with Crippen molar-refractivity contribution in [2.24, 2.45) is 0 Å². The van der Waals surface area contributed by atoms with Crippen molar-refractivity contribution in [2.75, 3.05) is 23.7 Å². The summed E-state index contributed by atoms with van der Waals surface area (Å²) in [4.78, 5) is 13.2. The lowest BCUT2D eigenvalue weighted by molar-refractivity contribution is 0.0526. The van der Waals surface area contributed by atoms with Crippen molar-refractivity contribution < 1.29 is 17.9 Å². The lowest BCUT2D eigenvalue weighted by Crippen LogP contribution is -2.31. The standard InChI is InChI=1S/C19H23NO4S2/c1-5-20(26(22,23)17-11-9-16(25-4)10-12-17)18-13-15(8-7-14(18)3)19(21)24-6-2/h7-13H,5-6H2,1-4H3. The number of hydrogen-bond donors (Lipinski definition) is 0. The van der Waals surface area contributed by atoms with Gasteiger partial charge in [-0.3, -0.25) is 4.31 Å². The van der Waals surface area contributed by atoms with Gasteiger partial charge in [0.2, 0.25) is 0 Å². The van der Waals surface area contributed by atoms with Crippen LogP contribution in [-0.2, 0) is 14.8 Å². The predicted molar refractivity (Wildman–Crippen MR) is 106 cm³/mol. The fourth-order valence-electron chi connectivity index (χ4n) is 2.56. The quantitative estimate of drug-likeness (QED) is 0.523. The maximum atomic E-state index is 13.1. The highest BCUT2D eigenvalue weighted by Gasteiger charge is 2.25. The molecule has 0 radical (unpaired) electrons. The number of rotatable bonds is 7. The third-order valence-corrected chi connectivity index (χ3v) is 6.57. The van der Waals surface area contributed by atoms with Crippen molar-refractivity contribution in [3.05, 3.63) is 53.6 Å². The highest BCUT2D eigenvalue weighted by molar-refractivity contribution is 7.98. The normalized spacial score (nSPS) is 11.2. The van der Waals surface area contributed by atoms with Crippen molar-refractivity contribution in [3.63, 3.8) is 0 Å². The summed E-state index contributed by atoms with van der Waals surface area (Å²) in [6, 6.07) is 11.7. The summed E-state index contributed by atoms with van der Waals surface area (Å²) >= 11 is 1.55. The molecule has 2 rings (SSSR count). The van der Waals surface area contributed by atoms with Crippen LogP contribution in [0.25, 0.3) is 0 Å². The van der Waals surface area contributed by atoms with E-state index in [1.54, 1.807) is 68.1 Å². The smallest absolute Gasteiger partial charge is 0.338 e. The Morgan fingerprint density at radius 3 is 2.31 bits per heavy atom. The molecule has 2 aromatic rings. The molecule has 0 spiro atoms. The second-order valence-corrected chi connectivity index (χ2v) is 8.31. The first-order chi connectivity index (χ1) is 12.3. The number of hydrogen-bond acceptors (Lipinski definition) is 5. The average Bonchev–Trinajstić information content (AvgIpc) is 2.63. The van der Waals surface area contributed by atoms with E-state index in [0.29, 0.717) is 11.3 Å². The number of benzene rings is 2. The van der Waals surface area contributed by atoms with Gasteiger partial charge in [-0.15, -0.1) is 11.8 Å². The van der Waals surface area contributed by atoms with Gasteiger partial charge in [0.05, 0.1) is 22.8 Å². The molecule has 0 aromatic heterocycles. The number of thioether (sulfide) groups is 1. The van der Waals surface area contributed by atoms with Crippen LogP contribution in [0.5, 0.6) is 0 Å². The van der Waals surface area contributed by atoms with Gasteiger partial charge in [-0.25, -0.2) is 13.2 Å². The van der Waals surface area contributed by atoms with Gasteiger partial charge in [0.1, 0.15) is 0 Å². The lowest BCUT2D eigenvalue weighted by atomic mass is 10.1. The number of ether oxygens (including phenoxy) is 1. The van der Waals surface area contributed by atoms with Crippen molar-refractivity contribution >= 4 is 33.4 Å². The monoisotopic (exact) mass is 393 g/mol. The first kappa shape index (κ1) is 20.3. The topological polar surface area (TPSA) is 63.7 Å². The Morgan fingerprint density at radius 1 is 1.12 bits per heavy atom. The number of nitrogens with zero attached hydrogens (tertiary/aromatic N) is 1. The van der Waals surface area contributed by atoms with E-state index in [9.17, 15) is 13.2 Å². The molecule has 0 aliphatic carbocycles. The van der Waals surface area contributed by atoms with E-state index in [1.165, 1.54) is 4.31 Å². The molecule has 0 aliphatic heterocycles. The molecule has 0 saturated carbocycles. The Kier molecular flexibility index (Phi) is 6.72. The van der Waals surface area contributed by atoms with E-state index in [2.05, 4.69) is 0 Å². The first-order valence-electron chi connectivity index (χ1n) is 8.29. The van der Waals surface area contributed by atoms with E-state index in [1.807, 2.05) is 13.2 Å². The molecule has 0 aliphatic rings. The zero-order chi connectivity index (χ0) is 19.3. The van der Waals surface area contributed by atoms with Crippen molar-refractivity contribution in [2.45, 2.75) is 30.6 Å². The Morgan fingerprint density at radius 2 is 1.77 bits per heavy atom. The summed E-state index contributed by atoms with van der Waals surface area (Å²) in [5.74, 6) is -0.466. The first-order valence-corrected chi connectivity index (χ1v) is 11.0. The molecule has 7 heteroatoms. The summed E-state index contributed by atoms with van der Waals surface area (Å²) in [6.45, 7) is 5.83. The molecule has 0 bridgehead atoms. The lowest BCUT2D eigenvalue weighted by Gasteiger charge is -2.25. The number of carbonyl (C=O) groups is 1. The van der Waals surface area contributed by atoms with Crippen molar-refractivity contribution in [3.8, 4) is 0 Å². The van der Waals surface area contributed by atoms with Crippen LogP contribution in [0.1, 0.15) is 29.8 Å². The van der Waals surface area contributed by atoms with Crippen LogP contribution in [0.4, 0.5) is 5.69 Å². The molecule has 0 amide bonds. The van der Waals surface area contributed by atoms with Crippen LogP contribution in [-0.4, -0.2) is 33.8 Å². The zero-order valence-corrected chi connectivity index (χ0v) is 17.0. The number of carbonyl (C=O) groups excluding carboxylic acids is 1. The SMILES string of the molecule is CCOC(=O)c1ccc(C)c(N(CC)S(=O)(=O)c2ccc(SC)cc2)c1. The van der Waals surface area contributed by atoms with Crippen LogP contribution < -0.4 is 4.31 Å². The minimum Gasteiger partial charge on any atom is -0.462 e. The van der Waals surface area contributed by atoms with Gasteiger partial charge in [-0.05, 0) is 69.0 Å². The largest absolute Gasteiger partial charge is 0.462 e. The highest BCUT2D eigenvalue weighted by atomic mass is 32.2. The van der Waals surface area contributed by atoms with Crippen LogP contribution >= 0.6 is 11.8 Å². The summed E-state index contributed by atoms with van der Waals surface area (Å²) in [6.07, 6.45) is 1.94. The van der Waals surface area contributed by atoms with Gasteiger partial charge >= 0.3 is 5.97 Å². The second kappa shape index (κ2) is 8.60. The van der Waals surface area contributed by atoms with Gasteiger partial charge in [-0.2, -0.15) is 0 Å². The number of sulfonamides is 1. The summed E-state index contributed by atoms with van der Waals surface area (Å²) in [5, 5.41) is 0. The highest BCUT2D eigenvalue weighted by Crippen LogP contribution is 2.29. The van der Waals surface area contributed by atoms with E-state index >= 15 is 0 Å². The fourth-order valence-corrected chi connectivity index (χ4v) is 4.50. The van der Waals surface area contributed by atoms with Gasteiger partial charge in [-0.1, -0.05) is 6.07 Å². The third-order valence-electron chi connectivity index (χ3n) is 3.92. The molecule has 0 N–H and O–H groups in total. The summed E-state index contributed by atoms with van der Waals surface area (Å²) in [5.41, 5.74) is 1.58. The minimum absolute atomic E-state index is 0.220. The van der Waals surface area contributed by atoms with E-state index in [0.717, 1.165) is 10.5 Å². The molecule has 5 nitrogen and oxygen atoms in total. The van der Waals surface area contributed by atoms with Crippen molar-refractivity contribution in [1.82, 2.24) is 0 Å². The van der Waals surface area contributed by atoms with Crippen LogP contribution in [0.3, 0.4) is 0 Å². The Bertz CT molecular complexity index is 877. The van der Waals surface area contributed by atoms with E-state index in [4.69, 9.17) is 4.74 Å². The van der Waals surface area contributed by atoms with E-state index in [-0.39, 0.29) is 18.0 Å². The Hall–Kier alpha value is -1.99. The molecule has 0 unspecified atom stereocenters. The number of anilines is 1. The van der Waals surface area contributed by atoms with Gasteiger partial charge in [0.15, 0.2) is 0 Å². The van der Waals surface area contributed by atoms with Gasteiger partial charge in [0, 0.05) is 11.4 Å². The molecule has 0 atom stereocenters. The molecule has 26 heavy (non-hydrogen) atoms. The average molecular weight is 394 g/mol. The van der Waals surface area contributed by atoms with Crippen LogP contribution in [0, 0.1) is 6.92 Å². The number of esters is 1. The molecule has 0 saturated heterocycles. The summed E-state index contributed by atoms with van der Waals surface area (Å²) < 4.78 is 32.6. The Labute approximate surface area is 159 Å². The van der Waals surface area contributed by atoms with Crippen LogP contribution in [0.15, 0.2) is 52.3 Å². The molecule has 0 heterocycles. The van der Waals surface area contributed by atoms with Crippen LogP contribution in [0.2, 0.25) is 0 Å². The van der Waals surface area contributed by atoms with Crippen molar-refractivity contribution in [1.29, 1.82) is 0 Å². The zero-order valence-electron chi connectivity index (χ0n) is 15.4. The molecule has 2 aromatic carbocycles.